The van der Waals surface area contributed by atoms with Crippen molar-refractivity contribution in [2.45, 2.75) is 44.6 Å². The van der Waals surface area contributed by atoms with Crippen molar-refractivity contribution in [3.8, 4) is 0 Å². The molecule has 104 valence electrons. The third kappa shape index (κ3) is 7.45. The molecule has 1 rings (SSSR count). The molecule has 1 fully saturated rings. The van der Waals surface area contributed by atoms with Crippen LogP contribution in [0, 0.1) is 0 Å². The number of hydrogen-bond donors (Lipinski definition) is 0. The first-order valence-corrected chi connectivity index (χ1v) is 6.81. The topological polar surface area (TPSA) is 44.8 Å². The Morgan fingerprint density at radius 2 is 2.06 bits per heavy atom. The molecule has 0 N–H and O–H groups in total. The lowest BCUT2D eigenvalue weighted by Crippen LogP contribution is -2.14. The van der Waals surface area contributed by atoms with Crippen molar-refractivity contribution in [3.05, 3.63) is 12.7 Å². The summed E-state index contributed by atoms with van der Waals surface area (Å²) >= 11 is 0. The molecule has 18 heavy (non-hydrogen) atoms. The van der Waals surface area contributed by atoms with Gasteiger partial charge in [-0.2, -0.15) is 0 Å². The van der Waals surface area contributed by atoms with Crippen LogP contribution in [0.4, 0.5) is 0 Å². The lowest BCUT2D eigenvalue weighted by atomic mass is 10.2. The zero-order valence-corrected chi connectivity index (χ0v) is 11.1. The van der Waals surface area contributed by atoms with E-state index in [2.05, 4.69) is 6.58 Å². The average Bonchev–Trinajstić information content (AvgIpc) is 2.89. The molecule has 0 aromatic heterocycles. The maximum Gasteiger partial charge on any atom is 0.330 e. The lowest BCUT2D eigenvalue weighted by molar-refractivity contribution is -0.137. The van der Waals surface area contributed by atoms with Crippen molar-refractivity contribution in [2.75, 3.05) is 26.4 Å². The van der Waals surface area contributed by atoms with Gasteiger partial charge in [0.05, 0.1) is 19.3 Å². The van der Waals surface area contributed by atoms with E-state index >= 15 is 0 Å². The highest BCUT2D eigenvalue weighted by molar-refractivity contribution is 5.81. The molecule has 1 aliphatic heterocycles. The quantitative estimate of drug-likeness (QED) is 0.342. The predicted molar refractivity (Wildman–Crippen MR) is 69.4 cm³/mol. The summed E-state index contributed by atoms with van der Waals surface area (Å²) in [7, 11) is 0. The number of ether oxygens (including phenoxy) is 3. The summed E-state index contributed by atoms with van der Waals surface area (Å²) in [6, 6.07) is 0. The average molecular weight is 256 g/mol. The van der Waals surface area contributed by atoms with Gasteiger partial charge in [0, 0.05) is 19.3 Å². The molecule has 0 amide bonds. The molecule has 0 aliphatic carbocycles. The van der Waals surface area contributed by atoms with Gasteiger partial charge in [0.15, 0.2) is 0 Å². The fraction of sp³-hybridized carbons (Fsp3) is 0.786. The molecule has 1 saturated heterocycles. The Morgan fingerprint density at radius 3 is 2.72 bits per heavy atom. The third-order valence-electron chi connectivity index (χ3n) is 2.92. The summed E-state index contributed by atoms with van der Waals surface area (Å²) in [4.78, 5) is 10.7. The van der Waals surface area contributed by atoms with E-state index < -0.39 is 0 Å². The molecule has 1 heterocycles. The molecule has 1 aliphatic rings. The van der Waals surface area contributed by atoms with Gasteiger partial charge in [-0.15, -0.1) is 0 Å². The zero-order valence-electron chi connectivity index (χ0n) is 11.1. The lowest BCUT2D eigenvalue weighted by Gasteiger charge is -2.09. The summed E-state index contributed by atoms with van der Waals surface area (Å²) in [6.45, 7) is 6.25. The Morgan fingerprint density at radius 1 is 1.28 bits per heavy atom. The first-order valence-electron chi connectivity index (χ1n) is 6.81. The Bertz CT molecular complexity index is 234. The van der Waals surface area contributed by atoms with Crippen LogP contribution in [0.15, 0.2) is 12.7 Å². The van der Waals surface area contributed by atoms with Crippen molar-refractivity contribution in [1.82, 2.24) is 0 Å². The van der Waals surface area contributed by atoms with Crippen LogP contribution < -0.4 is 0 Å². The number of carbonyl (C=O) groups is 1. The highest BCUT2D eigenvalue weighted by atomic mass is 16.5. The predicted octanol–water partition coefficient (Wildman–Crippen LogP) is 2.47. The van der Waals surface area contributed by atoms with Gasteiger partial charge in [-0.25, -0.2) is 4.79 Å². The Hall–Kier alpha value is -0.870. The van der Waals surface area contributed by atoms with E-state index in [1.807, 2.05) is 0 Å². The number of hydrogen-bond acceptors (Lipinski definition) is 4. The van der Waals surface area contributed by atoms with E-state index in [0.717, 1.165) is 58.3 Å². The fourth-order valence-corrected chi connectivity index (χ4v) is 1.88. The first-order chi connectivity index (χ1) is 8.83. The minimum absolute atomic E-state index is 0.323. The summed E-state index contributed by atoms with van der Waals surface area (Å²) in [5, 5.41) is 0. The van der Waals surface area contributed by atoms with Crippen LogP contribution in [0.5, 0.6) is 0 Å². The van der Waals surface area contributed by atoms with E-state index in [9.17, 15) is 4.79 Å². The molecule has 1 atom stereocenters. The molecule has 4 nitrogen and oxygen atoms in total. The van der Waals surface area contributed by atoms with E-state index in [1.165, 1.54) is 6.08 Å². The summed E-state index contributed by atoms with van der Waals surface area (Å²) < 4.78 is 15.9. The Labute approximate surface area is 109 Å². The van der Waals surface area contributed by atoms with Crippen LogP contribution in [0.25, 0.3) is 0 Å². The van der Waals surface area contributed by atoms with Crippen molar-refractivity contribution in [1.29, 1.82) is 0 Å². The normalized spacial score (nSPS) is 18.8. The van der Waals surface area contributed by atoms with Crippen LogP contribution in [0.3, 0.4) is 0 Å². The molecule has 1 unspecified atom stereocenters. The van der Waals surface area contributed by atoms with Gasteiger partial charge in [0.2, 0.25) is 0 Å². The second-order valence-electron chi connectivity index (χ2n) is 4.50. The van der Waals surface area contributed by atoms with Gasteiger partial charge < -0.3 is 14.2 Å². The van der Waals surface area contributed by atoms with Crippen molar-refractivity contribution in [3.63, 3.8) is 0 Å². The Balaban J connectivity index is 1.75. The maximum absolute atomic E-state index is 10.7. The minimum atomic E-state index is -0.338. The number of carbonyl (C=O) groups excluding carboxylic acids is 1. The van der Waals surface area contributed by atoms with Crippen LogP contribution >= 0.6 is 0 Å². The third-order valence-corrected chi connectivity index (χ3v) is 2.92. The zero-order chi connectivity index (χ0) is 13.1. The van der Waals surface area contributed by atoms with Gasteiger partial charge in [0.1, 0.15) is 0 Å². The summed E-state index contributed by atoms with van der Waals surface area (Å²) in [6.07, 6.45) is 7.95. The van der Waals surface area contributed by atoms with Crippen LogP contribution in [-0.2, 0) is 19.0 Å². The number of rotatable bonds is 10. The van der Waals surface area contributed by atoms with Gasteiger partial charge in [0.25, 0.3) is 0 Å². The van der Waals surface area contributed by atoms with Crippen LogP contribution in [-0.4, -0.2) is 38.5 Å². The number of esters is 1. The maximum atomic E-state index is 10.7. The van der Waals surface area contributed by atoms with E-state index in [0.29, 0.717) is 12.7 Å². The monoisotopic (exact) mass is 256 g/mol. The van der Waals surface area contributed by atoms with Crippen molar-refractivity contribution < 1.29 is 19.0 Å². The second-order valence-corrected chi connectivity index (χ2v) is 4.50. The molecule has 0 radical (unpaired) electrons. The molecule has 4 heteroatoms. The SMILES string of the molecule is C=CC(=O)OCCCCCCOCC1CCCO1. The Kier molecular flexibility index (Phi) is 8.51. The van der Waals surface area contributed by atoms with Crippen molar-refractivity contribution in [2.24, 2.45) is 0 Å². The first kappa shape index (κ1) is 15.2. The van der Waals surface area contributed by atoms with Crippen molar-refractivity contribution >= 4 is 5.97 Å². The molecule has 0 saturated carbocycles. The molecular formula is C14H24O4. The van der Waals surface area contributed by atoms with Crippen LogP contribution in [0.1, 0.15) is 38.5 Å². The molecule has 0 spiro atoms. The summed E-state index contributed by atoms with van der Waals surface area (Å²) in [5.41, 5.74) is 0. The largest absolute Gasteiger partial charge is 0.463 e. The second kappa shape index (κ2) is 10.1. The molecular weight excluding hydrogens is 232 g/mol. The molecule has 0 aromatic rings. The van der Waals surface area contributed by atoms with E-state index in [1.54, 1.807) is 0 Å². The van der Waals surface area contributed by atoms with Gasteiger partial charge in [-0.05, 0) is 32.1 Å². The van der Waals surface area contributed by atoms with E-state index in [-0.39, 0.29) is 5.97 Å². The summed E-state index contributed by atoms with van der Waals surface area (Å²) in [5.74, 6) is -0.338. The highest BCUT2D eigenvalue weighted by Crippen LogP contribution is 2.12. The smallest absolute Gasteiger partial charge is 0.330 e. The van der Waals surface area contributed by atoms with Gasteiger partial charge >= 0.3 is 5.97 Å². The highest BCUT2D eigenvalue weighted by Gasteiger charge is 2.14. The standard InChI is InChI=1S/C14H24O4/c1-2-14(15)18-10-6-4-3-5-9-16-12-13-8-7-11-17-13/h2,13H,1,3-12H2. The van der Waals surface area contributed by atoms with Crippen LogP contribution in [0.2, 0.25) is 0 Å². The molecule has 0 aromatic carbocycles. The van der Waals surface area contributed by atoms with Gasteiger partial charge in [-0.1, -0.05) is 13.0 Å². The van der Waals surface area contributed by atoms with E-state index in [4.69, 9.17) is 14.2 Å². The van der Waals surface area contributed by atoms with Gasteiger partial charge in [-0.3, -0.25) is 0 Å². The fourth-order valence-electron chi connectivity index (χ4n) is 1.88. The number of unbranched alkanes of at least 4 members (excludes halogenated alkanes) is 3. The minimum Gasteiger partial charge on any atom is -0.463 e. The molecule has 0 bridgehead atoms.